The molecule has 1 amide bonds. The average Bonchev–Trinajstić information content (AvgIpc) is 2.44. The van der Waals surface area contributed by atoms with Crippen molar-refractivity contribution < 1.29 is 4.79 Å². The molecule has 1 aromatic heterocycles. The second-order valence-corrected chi connectivity index (χ2v) is 4.71. The maximum atomic E-state index is 12.4. The molecule has 2 heterocycles. The largest absolute Gasteiger partial charge is 0.399 e. The first kappa shape index (κ1) is 11.7. The summed E-state index contributed by atoms with van der Waals surface area (Å²) in [5, 5.41) is 0. The zero-order valence-electron chi connectivity index (χ0n) is 10.5. The van der Waals surface area contributed by atoms with E-state index in [4.69, 9.17) is 5.73 Å². The summed E-state index contributed by atoms with van der Waals surface area (Å²) in [6, 6.07) is 11.3. The van der Waals surface area contributed by atoms with Gasteiger partial charge in [-0.3, -0.25) is 9.78 Å². The van der Waals surface area contributed by atoms with E-state index in [1.165, 1.54) is 0 Å². The number of fused-ring (bicyclic) bond motifs is 1. The first-order valence-electron chi connectivity index (χ1n) is 6.31. The van der Waals surface area contributed by atoms with E-state index < -0.39 is 0 Å². The Morgan fingerprint density at radius 2 is 2.16 bits per heavy atom. The highest BCUT2D eigenvalue weighted by atomic mass is 16.2. The van der Waals surface area contributed by atoms with Gasteiger partial charge in [0.05, 0.1) is 12.2 Å². The number of hydrogen-bond acceptors (Lipinski definition) is 3. The van der Waals surface area contributed by atoms with Crippen LogP contribution in [-0.4, -0.2) is 22.3 Å². The van der Waals surface area contributed by atoms with Crippen LogP contribution in [0.15, 0.2) is 42.6 Å². The minimum absolute atomic E-state index is 0.0409. The fraction of sp³-hybridized carbons (Fsp3) is 0.200. The lowest BCUT2D eigenvalue weighted by Gasteiger charge is -2.28. The molecule has 4 nitrogen and oxygen atoms in total. The molecular formula is C15H15N3O. The van der Waals surface area contributed by atoms with Crippen molar-refractivity contribution in [2.45, 2.75) is 13.0 Å². The Hall–Kier alpha value is -2.36. The molecule has 0 bridgehead atoms. The number of hydrogen-bond donors (Lipinski definition) is 1. The molecule has 1 aromatic carbocycles. The molecule has 0 saturated carbocycles. The molecule has 0 saturated heterocycles. The van der Waals surface area contributed by atoms with Crippen molar-refractivity contribution in [3.8, 4) is 0 Å². The molecule has 0 radical (unpaired) electrons. The predicted octanol–water partition coefficient (Wildman–Crippen LogP) is 1.86. The van der Waals surface area contributed by atoms with Gasteiger partial charge in [-0.15, -0.1) is 0 Å². The van der Waals surface area contributed by atoms with E-state index in [1.807, 2.05) is 35.2 Å². The van der Waals surface area contributed by atoms with Crippen molar-refractivity contribution in [2.24, 2.45) is 0 Å². The highest BCUT2D eigenvalue weighted by Gasteiger charge is 2.24. The van der Waals surface area contributed by atoms with E-state index in [0.717, 1.165) is 29.8 Å². The molecule has 2 aromatic rings. The van der Waals surface area contributed by atoms with Crippen LogP contribution >= 0.6 is 0 Å². The SMILES string of the molecule is Nc1ccc2c(c1)C(=O)N(Cc1ccccn1)CC2. The minimum Gasteiger partial charge on any atom is -0.399 e. The van der Waals surface area contributed by atoms with E-state index in [9.17, 15) is 4.79 Å². The lowest BCUT2D eigenvalue weighted by Crippen LogP contribution is -2.37. The fourth-order valence-electron chi connectivity index (χ4n) is 2.38. The van der Waals surface area contributed by atoms with Crippen molar-refractivity contribution >= 4 is 11.6 Å². The number of nitrogen functional groups attached to an aromatic ring is 1. The highest BCUT2D eigenvalue weighted by molar-refractivity contribution is 5.97. The van der Waals surface area contributed by atoms with Gasteiger partial charge in [0.1, 0.15) is 0 Å². The van der Waals surface area contributed by atoms with Gasteiger partial charge in [-0.05, 0) is 36.2 Å². The topological polar surface area (TPSA) is 59.2 Å². The van der Waals surface area contributed by atoms with Crippen LogP contribution in [0, 0.1) is 0 Å². The van der Waals surface area contributed by atoms with E-state index >= 15 is 0 Å². The zero-order valence-corrected chi connectivity index (χ0v) is 10.5. The van der Waals surface area contributed by atoms with Gasteiger partial charge in [-0.25, -0.2) is 0 Å². The summed E-state index contributed by atoms with van der Waals surface area (Å²) in [6.45, 7) is 1.28. The third kappa shape index (κ3) is 2.29. The Morgan fingerprint density at radius 3 is 2.95 bits per heavy atom. The van der Waals surface area contributed by atoms with Crippen LogP contribution in [0.2, 0.25) is 0 Å². The summed E-state index contributed by atoms with van der Waals surface area (Å²) in [5.74, 6) is 0.0409. The number of amides is 1. The second kappa shape index (κ2) is 4.72. The summed E-state index contributed by atoms with van der Waals surface area (Å²) in [6.07, 6.45) is 2.61. The molecule has 3 rings (SSSR count). The standard InChI is InChI=1S/C15H15N3O/c16-12-5-4-11-6-8-18(15(19)14(11)9-12)10-13-3-1-2-7-17-13/h1-5,7,9H,6,8,10,16H2. The van der Waals surface area contributed by atoms with Gasteiger partial charge in [0.2, 0.25) is 0 Å². The molecule has 0 spiro atoms. The van der Waals surface area contributed by atoms with E-state index in [1.54, 1.807) is 12.3 Å². The quantitative estimate of drug-likeness (QED) is 0.831. The number of nitrogens with two attached hydrogens (primary N) is 1. The first-order chi connectivity index (χ1) is 9.24. The number of benzene rings is 1. The first-order valence-corrected chi connectivity index (χ1v) is 6.31. The summed E-state index contributed by atoms with van der Waals surface area (Å²) in [4.78, 5) is 18.5. The van der Waals surface area contributed by atoms with Crippen LogP contribution in [-0.2, 0) is 13.0 Å². The Labute approximate surface area is 111 Å². The number of anilines is 1. The third-order valence-electron chi connectivity index (χ3n) is 3.38. The number of carbonyl (C=O) groups is 1. The van der Waals surface area contributed by atoms with Gasteiger partial charge in [0, 0.05) is 24.0 Å². The van der Waals surface area contributed by atoms with Crippen LogP contribution in [0.5, 0.6) is 0 Å². The minimum atomic E-state index is 0.0409. The smallest absolute Gasteiger partial charge is 0.254 e. The second-order valence-electron chi connectivity index (χ2n) is 4.71. The van der Waals surface area contributed by atoms with E-state index in [0.29, 0.717) is 12.2 Å². The van der Waals surface area contributed by atoms with Gasteiger partial charge in [0.15, 0.2) is 0 Å². The molecule has 1 aliphatic rings. The Bertz CT molecular complexity index is 610. The number of nitrogens with zero attached hydrogens (tertiary/aromatic N) is 2. The maximum Gasteiger partial charge on any atom is 0.254 e. The molecule has 1 aliphatic heterocycles. The summed E-state index contributed by atoms with van der Waals surface area (Å²) in [7, 11) is 0. The number of rotatable bonds is 2. The Kier molecular flexibility index (Phi) is 2.91. The average molecular weight is 253 g/mol. The van der Waals surface area contributed by atoms with Crippen molar-refractivity contribution in [2.75, 3.05) is 12.3 Å². The monoisotopic (exact) mass is 253 g/mol. The summed E-state index contributed by atoms with van der Waals surface area (Å²) >= 11 is 0. The number of pyridine rings is 1. The molecule has 96 valence electrons. The summed E-state index contributed by atoms with van der Waals surface area (Å²) < 4.78 is 0. The maximum absolute atomic E-state index is 12.4. The fourth-order valence-corrected chi connectivity index (χ4v) is 2.38. The van der Waals surface area contributed by atoms with Crippen LogP contribution in [0.1, 0.15) is 21.6 Å². The molecule has 0 aliphatic carbocycles. The Morgan fingerprint density at radius 1 is 1.26 bits per heavy atom. The van der Waals surface area contributed by atoms with Crippen LogP contribution in [0.4, 0.5) is 5.69 Å². The van der Waals surface area contributed by atoms with Gasteiger partial charge in [-0.1, -0.05) is 12.1 Å². The van der Waals surface area contributed by atoms with Crippen molar-refractivity contribution in [1.82, 2.24) is 9.88 Å². The van der Waals surface area contributed by atoms with Gasteiger partial charge >= 0.3 is 0 Å². The molecule has 0 atom stereocenters. The lowest BCUT2D eigenvalue weighted by atomic mass is 9.98. The molecule has 2 N–H and O–H groups in total. The van der Waals surface area contributed by atoms with Crippen LogP contribution in [0.3, 0.4) is 0 Å². The molecule has 0 unspecified atom stereocenters. The Balaban J connectivity index is 1.85. The normalized spacial score (nSPS) is 14.3. The molecular weight excluding hydrogens is 238 g/mol. The highest BCUT2D eigenvalue weighted by Crippen LogP contribution is 2.22. The van der Waals surface area contributed by atoms with Crippen molar-refractivity contribution in [3.63, 3.8) is 0 Å². The van der Waals surface area contributed by atoms with Gasteiger partial charge in [-0.2, -0.15) is 0 Å². The number of aromatic nitrogens is 1. The number of carbonyl (C=O) groups excluding carboxylic acids is 1. The lowest BCUT2D eigenvalue weighted by molar-refractivity contribution is 0.0725. The molecule has 0 fully saturated rings. The van der Waals surface area contributed by atoms with Crippen LogP contribution in [0.25, 0.3) is 0 Å². The molecule has 4 heteroatoms. The van der Waals surface area contributed by atoms with E-state index in [2.05, 4.69) is 4.98 Å². The summed E-state index contributed by atoms with van der Waals surface area (Å²) in [5.41, 5.74) is 9.10. The van der Waals surface area contributed by atoms with Crippen LogP contribution < -0.4 is 5.73 Å². The van der Waals surface area contributed by atoms with Crippen molar-refractivity contribution in [3.05, 3.63) is 59.4 Å². The van der Waals surface area contributed by atoms with E-state index in [-0.39, 0.29) is 5.91 Å². The zero-order chi connectivity index (χ0) is 13.2. The van der Waals surface area contributed by atoms with Gasteiger partial charge in [0.25, 0.3) is 5.91 Å². The van der Waals surface area contributed by atoms with Gasteiger partial charge < -0.3 is 10.6 Å². The van der Waals surface area contributed by atoms with Crippen molar-refractivity contribution in [1.29, 1.82) is 0 Å². The predicted molar refractivity (Wildman–Crippen MR) is 73.5 cm³/mol. The third-order valence-corrected chi connectivity index (χ3v) is 3.38. The molecule has 19 heavy (non-hydrogen) atoms.